The van der Waals surface area contributed by atoms with Crippen molar-refractivity contribution in [2.24, 2.45) is 5.92 Å². The molecular weight excluding hydrogens is 306 g/mol. The van der Waals surface area contributed by atoms with E-state index >= 15 is 0 Å². The molecule has 0 unspecified atom stereocenters. The summed E-state index contributed by atoms with van der Waals surface area (Å²) < 4.78 is 0. The number of hydrogen-bond donors (Lipinski definition) is 0. The van der Waals surface area contributed by atoms with Crippen LogP contribution in [0, 0.1) is 5.92 Å². The Morgan fingerprint density at radius 1 is 1.16 bits per heavy atom. The standard InChI is InChI=1S/C23H31NO/c1-4-14-24-15-8-11-19(17-24)22(25)16-23(2,3)21-13-7-10-18-9-5-6-12-20(18)21/h5-7,9-10,12-13,19H,4,8,11,14-17H2,1-3H3/t19-/m0/s1. The molecule has 2 heteroatoms. The molecule has 0 radical (unpaired) electrons. The average Bonchev–Trinajstić information content (AvgIpc) is 2.61. The molecule has 25 heavy (non-hydrogen) atoms. The highest BCUT2D eigenvalue weighted by Crippen LogP contribution is 2.34. The van der Waals surface area contributed by atoms with E-state index in [9.17, 15) is 4.79 Å². The highest BCUT2D eigenvalue weighted by atomic mass is 16.1. The SMILES string of the molecule is CCCN1CCC[C@H](C(=O)CC(C)(C)c2cccc3ccccc23)C1. The van der Waals surface area contributed by atoms with Crippen LogP contribution in [-0.2, 0) is 10.2 Å². The number of Topliss-reactive ketones (excluding diaryl/α,β-unsaturated/α-hetero) is 1. The quantitative estimate of drug-likeness (QED) is 0.722. The lowest BCUT2D eigenvalue weighted by molar-refractivity contribution is -0.125. The summed E-state index contributed by atoms with van der Waals surface area (Å²) in [5.41, 5.74) is 1.16. The average molecular weight is 338 g/mol. The number of carbonyl (C=O) groups excluding carboxylic acids is 1. The molecular formula is C23H31NO. The van der Waals surface area contributed by atoms with Crippen molar-refractivity contribution in [2.45, 2.75) is 51.9 Å². The summed E-state index contributed by atoms with van der Waals surface area (Å²) in [5, 5.41) is 2.53. The van der Waals surface area contributed by atoms with Crippen LogP contribution in [0.2, 0.25) is 0 Å². The lowest BCUT2D eigenvalue weighted by Gasteiger charge is -2.34. The Balaban J connectivity index is 1.77. The van der Waals surface area contributed by atoms with Crippen LogP contribution in [-0.4, -0.2) is 30.3 Å². The first-order valence-corrected chi connectivity index (χ1v) is 9.74. The van der Waals surface area contributed by atoms with Crippen LogP contribution < -0.4 is 0 Å². The molecule has 0 aliphatic carbocycles. The number of rotatable bonds is 6. The summed E-state index contributed by atoms with van der Waals surface area (Å²) in [6.07, 6.45) is 4.02. The van der Waals surface area contributed by atoms with Gasteiger partial charge in [-0.25, -0.2) is 0 Å². The monoisotopic (exact) mass is 337 g/mol. The fraction of sp³-hybridized carbons (Fsp3) is 0.522. The summed E-state index contributed by atoms with van der Waals surface area (Å²) in [4.78, 5) is 15.5. The van der Waals surface area contributed by atoms with Crippen LogP contribution in [0.1, 0.15) is 52.0 Å². The molecule has 134 valence electrons. The van der Waals surface area contributed by atoms with Crippen LogP contribution in [0.5, 0.6) is 0 Å². The molecule has 0 bridgehead atoms. The number of ketones is 1. The first kappa shape index (κ1) is 18.1. The maximum absolute atomic E-state index is 13.0. The van der Waals surface area contributed by atoms with Gasteiger partial charge in [0, 0.05) is 18.9 Å². The topological polar surface area (TPSA) is 20.3 Å². The van der Waals surface area contributed by atoms with E-state index in [4.69, 9.17) is 0 Å². The second kappa shape index (κ2) is 7.70. The van der Waals surface area contributed by atoms with Crippen molar-refractivity contribution in [3.63, 3.8) is 0 Å². The van der Waals surface area contributed by atoms with Crippen LogP contribution in [0.3, 0.4) is 0 Å². The molecule has 2 nitrogen and oxygen atoms in total. The van der Waals surface area contributed by atoms with Crippen molar-refractivity contribution < 1.29 is 4.79 Å². The number of piperidine rings is 1. The van der Waals surface area contributed by atoms with E-state index in [1.54, 1.807) is 0 Å². The fourth-order valence-corrected chi connectivity index (χ4v) is 4.33. The number of likely N-dealkylation sites (tertiary alicyclic amines) is 1. The van der Waals surface area contributed by atoms with Gasteiger partial charge in [0.25, 0.3) is 0 Å². The van der Waals surface area contributed by atoms with Crippen LogP contribution in [0.25, 0.3) is 10.8 Å². The molecule has 1 fully saturated rings. The minimum absolute atomic E-state index is 0.134. The molecule has 1 heterocycles. The van der Waals surface area contributed by atoms with E-state index in [1.165, 1.54) is 22.8 Å². The molecule has 2 aromatic carbocycles. The van der Waals surface area contributed by atoms with E-state index < -0.39 is 0 Å². The molecule has 3 rings (SSSR count). The molecule has 0 aromatic heterocycles. The van der Waals surface area contributed by atoms with E-state index in [1.807, 2.05) is 0 Å². The summed E-state index contributed by atoms with van der Waals surface area (Å²) in [5.74, 6) is 0.660. The van der Waals surface area contributed by atoms with Crippen molar-refractivity contribution >= 4 is 16.6 Å². The zero-order valence-corrected chi connectivity index (χ0v) is 15.9. The van der Waals surface area contributed by atoms with Gasteiger partial charge in [-0.15, -0.1) is 0 Å². The minimum atomic E-state index is -0.134. The summed E-state index contributed by atoms with van der Waals surface area (Å²) in [7, 11) is 0. The Hall–Kier alpha value is -1.67. The van der Waals surface area contributed by atoms with E-state index in [0.29, 0.717) is 12.2 Å². The van der Waals surface area contributed by atoms with Gasteiger partial charge in [0.1, 0.15) is 5.78 Å². The molecule has 0 amide bonds. The predicted molar refractivity (Wildman–Crippen MR) is 106 cm³/mol. The third-order valence-electron chi connectivity index (χ3n) is 5.64. The van der Waals surface area contributed by atoms with Crippen molar-refractivity contribution in [3.05, 3.63) is 48.0 Å². The molecule has 1 saturated heterocycles. The highest BCUT2D eigenvalue weighted by Gasteiger charge is 2.31. The predicted octanol–water partition coefficient (Wildman–Crippen LogP) is 5.20. The zero-order valence-electron chi connectivity index (χ0n) is 15.9. The highest BCUT2D eigenvalue weighted by molar-refractivity contribution is 5.88. The van der Waals surface area contributed by atoms with Gasteiger partial charge in [-0.05, 0) is 54.1 Å². The maximum atomic E-state index is 13.0. The van der Waals surface area contributed by atoms with Crippen LogP contribution >= 0.6 is 0 Å². The molecule has 1 atom stereocenters. The van der Waals surface area contributed by atoms with Gasteiger partial charge in [-0.1, -0.05) is 63.2 Å². The number of hydrogen-bond acceptors (Lipinski definition) is 2. The summed E-state index contributed by atoms with van der Waals surface area (Å²) in [6, 6.07) is 15.0. The maximum Gasteiger partial charge on any atom is 0.138 e. The number of benzene rings is 2. The lowest BCUT2D eigenvalue weighted by atomic mass is 9.75. The zero-order chi connectivity index (χ0) is 17.9. The van der Waals surface area contributed by atoms with Crippen molar-refractivity contribution in [2.75, 3.05) is 19.6 Å². The fourth-order valence-electron chi connectivity index (χ4n) is 4.33. The van der Waals surface area contributed by atoms with E-state index in [2.05, 4.69) is 68.1 Å². The summed E-state index contributed by atoms with van der Waals surface area (Å²) >= 11 is 0. The second-order valence-electron chi connectivity index (χ2n) is 8.19. The molecule has 0 saturated carbocycles. The van der Waals surface area contributed by atoms with Gasteiger partial charge in [0.15, 0.2) is 0 Å². The first-order valence-electron chi connectivity index (χ1n) is 9.74. The molecule has 0 spiro atoms. The van der Waals surface area contributed by atoms with E-state index in [-0.39, 0.29) is 11.3 Å². The number of carbonyl (C=O) groups is 1. The Bertz CT molecular complexity index is 726. The van der Waals surface area contributed by atoms with Crippen molar-refractivity contribution in [3.8, 4) is 0 Å². The van der Waals surface area contributed by atoms with Gasteiger partial charge in [0.05, 0.1) is 0 Å². The Kier molecular flexibility index (Phi) is 5.58. The Morgan fingerprint density at radius 3 is 2.72 bits per heavy atom. The normalized spacial score (nSPS) is 19.2. The van der Waals surface area contributed by atoms with E-state index in [0.717, 1.165) is 32.5 Å². The molecule has 2 aromatic rings. The smallest absolute Gasteiger partial charge is 0.138 e. The second-order valence-corrected chi connectivity index (χ2v) is 8.19. The van der Waals surface area contributed by atoms with Gasteiger partial charge in [-0.3, -0.25) is 4.79 Å². The molecule has 1 aliphatic heterocycles. The van der Waals surface area contributed by atoms with Crippen molar-refractivity contribution in [1.29, 1.82) is 0 Å². The van der Waals surface area contributed by atoms with Gasteiger partial charge >= 0.3 is 0 Å². The van der Waals surface area contributed by atoms with Crippen LogP contribution in [0.15, 0.2) is 42.5 Å². The largest absolute Gasteiger partial charge is 0.303 e. The first-order chi connectivity index (χ1) is 12.0. The van der Waals surface area contributed by atoms with Gasteiger partial charge in [-0.2, -0.15) is 0 Å². The third kappa shape index (κ3) is 4.12. The summed E-state index contributed by atoms with van der Waals surface area (Å²) in [6.45, 7) is 9.90. The Morgan fingerprint density at radius 2 is 1.92 bits per heavy atom. The Labute approximate surface area is 152 Å². The van der Waals surface area contributed by atoms with Crippen molar-refractivity contribution in [1.82, 2.24) is 4.90 Å². The number of nitrogens with zero attached hydrogens (tertiary/aromatic N) is 1. The minimum Gasteiger partial charge on any atom is -0.303 e. The van der Waals surface area contributed by atoms with Gasteiger partial charge < -0.3 is 4.90 Å². The molecule has 0 N–H and O–H groups in total. The third-order valence-corrected chi connectivity index (χ3v) is 5.64. The van der Waals surface area contributed by atoms with Gasteiger partial charge in [0.2, 0.25) is 0 Å². The lowest BCUT2D eigenvalue weighted by Crippen LogP contribution is -2.40. The molecule has 1 aliphatic rings. The number of fused-ring (bicyclic) bond motifs is 1. The van der Waals surface area contributed by atoms with Crippen LogP contribution in [0.4, 0.5) is 0 Å².